The van der Waals surface area contributed by atoms with Crippen LogP contribution in [0.5, 0.6) is 28.7 Å². The molecule has 6 aromatic rings. The van der Waals surface area contributed by atoms with Crippen molar-refractivity contribution in [3.63, 3.8) is 0 Å². The van der Waals surface area contributed by atoms with Gasteiger partial charge in [-0.15, -0.1) is 0 Å². The van der Waals surface area contributed by atoms with E-state index in [1.165, 1.54) is 12.1 Å². The second kappa shape index (κ2) is 29.2. The van der Waals surface area contributed by atoms with Crippen LogP contribution in [0.2, 0.25) is 0 Å². The number of sulfonamides is 1. The number of hydrogen-bond acceptors (Lipinski definition) is 19. The Hall–Kier alpha value is -9.95. The summed E-state index contributed by atoms with van der Waals surface area (Å²) in [5.74, 6) is -3.69. The van der Waals surface area contributed by atoms with Crippen molar-refractivity contribution in [2.75, 3.05) is 50.8 Å². The first-order valence-corrected chi connectivity index (χ1v) is 31.1. The Morgan fingerprint density at radius 2 is 0.933 bits per heavy atom. The molecule has 460 valence electrons. The predicted octanol–water partition coefficient (Wildman–Crippen LogP) is 10.9. The number of amidine groups is 3. The van der Waals surface area contributed by atoms with Gasteiger partial charge < -0.3 is 29.3 Å². The standard InChI is InChI=1S/C22H21FN4O3S.C18H12F2N4O.C11H11N3O.C7H2F3N.C3H9NO2S/c1-2-10-31(28,29)13-15-4-6-19(23)21(18(15)12-24)30-16-5-7-20-17(11-16)22-25-8-3-9-27(22)14-26-20;19-14-3-4-15(20)17(13(14)9-21)25-11-2-5-16-12(8-11)18-22-6-1-7-24(18)10-23-16;15-8-2-3-10-9(6-8)11-12-4-1-5-14(11)7-13-10;8-5-1-2-6(9)7(10)4(5)3-11;1-2-3-7(4,5)6/h4-7,11,14H,2-3,8-10,13H2,1H3;2-5,8,10H,1,6-7H2;2-3,6-7,15H,1,4-5H2;1-2H;2-3H2,1H3,(H2,4,5,6). The van der Waals surface area contributed by atoms with E-state index in [0.29, 0.717) is 37.3 Å². The molecule has 0 atom stereocenters. The number of benzene rings is 6. The number of nitrogens with two attached hydrogens (primary N) is 1. The Bertz CT molecular complexity index is 4260. The Labute approximate surface area is 508 Å². The van der Waals surface area contributed by atoms with Gasteiger partial charge in [-0.1, -0.05) is 19.9 Å². The lowest BCUT2D eigenvalue weighted by atomic mass is 10.1. The van der Waals surface area contributed by atoms with Gasteiger partial charge in [0.05, 0.1) is 53.3 Å². The number of halogens is 6. The maximum absolute atomic E-state index is 14.6. The van der Waals surface area contributed by atoms with Crippen LogP contribution in [0, 0.1) is 68.9 Å². The number of aliphatic imine (C=N–C) groups is 6. The van der Waals surface area contributed by atoms with E-state index < -0.39 is 71.6 Å². The van der Waals surface area contributed by atoms with Crippen molar-refractivity contribution in [2.24, 2.45) is 35.1 Å². The first kappa shape index (κ1) is 65.0. The minimum Gasteiger partial charge on any atom is -0.508 e. The molecule has 0 aliphatic carbocycles. The van der Waals surface area contributed by atoms with Gasteiger partial charge in [0.25, 0.3) is 0 Å². The molecule has 0 aromatic heterocycles. The number of nitrogens with zero attached hydrogens (tertiary/aromatic N) is 12. The van der Waals surface area contributed by atoms with Crippen molar-refractivity contribution in [3.05, 3.63) is 165 Å². The smallest absolute Gasteiger partial charge is 0.209 e. The fourth-order valence-corrected chi connectivity index (χ4v) is 11.4. The van der Waals surface area contributed by atoms with Crippen molar-refractivity contribution in [1.82, 2.24) is 14.7 Å². The molecule has 0 fully saturated rings. The molecule has 6 aromatic carbocycles. The monoisotopic (exact) mass is 1260 g/mol. The van der Waals surface area contributed by atoms with Crippen LogP contribution in [0.1, 0.15) is 84.9 Å². The van der Waals surface area contributed by atoms with Gasteiger partial charge in [-0.25, -0.2) is 63.3 Å². The van der Waals surface area contributed by atoms with Crippen LogP contribution in [-0.4, -0.2) is 124 Å². The van der Waals surface area contributed by atoms with E-state index in [2.05, 4.69) is 35.1 Å². The number of aromatic hydroxyl groups is 1. The molecule has 6 heterocycles. The van der Waals surface area contributed by atoms with Gasteiger partial charge >= 0.3 is 0 Å². The molecule has 0 unspecified atom stereocenters. The summed E-state index contributed by atoms with van der Waals surface area (Å²) < 4.78 is 135. The summed E-state index contributed by atoms with van der Waals surface area (Å²) >= 11 is 0. The molecule has 28 heteroatoms. The minimum absolute atomic E-state index is 0.00458. The molecule has 6 aliphatic heterocycles. The topological polar surface area (TPSA) is 288 Å². The van der Waals surface area contributed by atoms with E-state index >= 15 is 0 Å². The Kier molecular flexibility index (Phi) is 21.3. The number of ether oxygens (including phenoxy) is 2. The van der Waals surface area contributed by atoms with Crippen molar-refractivity contribution in [2.45, 2.75) is 51.7 Å². The lowest BCUT2D eigenvalue weighted by Crippen LogP contribution is -2.36. The fourth-order valence-electron chi connectivity index (χ4n) is 9.32. The zero-order valence-electron chi connectivity index (χ0n) is 47.7. The van der Waals surface area contributed by atoms with Crippen LogP contribution < -0.4 is 14.6 Å². The fraction of sp³-hybridized carbons (Fsp3) is 0.262. The number of phenolic OH excluding ortho intramolecular Hbond substituents is 1. The van der Waals surface area contributed by atoms with E-state index in [-0.39, 0.29) is 45.6 Å². The van der Waals surface area contributed by atoms with Crippen LogP contribution in [0.3, 0.4) is 0 Å². The SMILES string of the molecule is CCCS(=O)(=O)Cc1ccc(F)c(Oc2ccc3c(c2)C2=NCCCN2C=N3)c1C#N.CCCS(N)(=O)=O.N#Cc1c(F)ccc(F)c1F.N#Cc1c(F)ccc(F)c1Oc1ccc2c(c1)C1=NCCCN1C=N2.Oc1ccc2c(c1)C1=NCCCN1C=N2. The number of hydrogen-bond donors (Lipinski definition) is 2. The zero-order chi connectivity index (χ0) is 64.0. The number of nitriles is 3. The summed E-state index contributed by atoms with van der Waals surface area (Å²) in [6, 6.07) is 25.7. The van der Waals surface area contributed by atoms with Crippen LogP contribution in [-0.2, 0) is 25.6 Å². The summed E-state index contributed by atoms with van der Waals surface area (Å²) in [4.78, 5) is 32.6. The molecule has 3 N–H and O–H groups in total. The summed E-state index contributed by atoms with van der Waals surface area (Å²) in [6.45, 7) is 8.42. The molecular weight excluding hydrogens is 1200 g/mol. The number of phenols is 1. The lowest BCUT2D eigenvalue weighted by molar-refractivity contribution is 0.434. The lowest BCUT2D eigenvalue weighted by Gasteiger charge is -2.29. The summed E-state index contributed by atoms with van der Waals surface area (Å²) in [5, 5.41) is 40.9. The highest BCUT2D eigenvalue weighted by molar-refractivity contribution is 7.90. The predicted molar refractivity (Wildman–Crippen MR) is 323 cm³/mol. The summed E-state index contributed by atoms with van der Waals surface area (Å²) in [6.07, 6.45) is 9.30. The Morgan fingerprint density at radius 1 is 0.528 bits per heavy atom. The molecule has 0 radical (unpaired) electrons. The number of rotatable bonds is 10. The highest BCUT2D eigenvalue weighted by atomic mass is 32.2. The molecule has 0 saturated carbocycles. The third kappa shape index (κ3) is 16.2. The maximum Gasteiger partial charge on any atom is 0.209 e. The summed E-state index contributed by atoms with van der Waals surface area (Å²) in [7, 11) is -6.59. The average molecular weight is 1260 g/mol. The summed E-state index contributed by atoms with van der Waals surface area (Å²) in [5.41, 5.74) is 3.54. The van der Waals surface area contributed by atoms with Gasteiger partial charge in [0, 0.05) is 56.0 Å². The van der Waals surface area contributed by atoms with E-state index in [4.69, 9.17) is 20.0 Å². The number of fused-ring (bicyclic) bond motifs is 9. The molecule has 0 saturated heterocycles. The first-order valence-electron chi connectivity index (χ1n) is 27.5. The molecule has 0 bridgehead atoms. The minimum atomic E-state index is -3.41. The second-order valence-electron chi connectivity index (χ2n) is 19.9. The average Bonchev–Trinajstić information content (AvgIpc) is 1.27. The molecule has 20 nitrogen and oxygen atoms in total. The van der Waals surface area contributed by atoms with Gasteiger partial charge in [-0.3, -0.25) is 15.0 Å². The number of sulfone groups is 1. The van der Waals surface area contributed by atoms with Crippen molar-refractivity contribution >= 4 is 73.4 Å². The van der Waals surface area contributed by atoms with Gasteiger partial charge in [0.2, 0.25) is 10.0 Å². The Morgan fingerprint density at radius 3 is 1.36 bits per heavy atom. The number of primary sulfonamides is 1. The first-order chi connectivity index (χ1) is 42.7. The Balaban J connectivity index is 0.000000157. The van der Waals surface area contributed by atoms with Crippen molar-refractivity contribution < 1.29 is 57.8 Å². The van der Waals surface area contributed by atoms with E-state index in [1.807, 2.05) is 33.2 Å². The molecular formula is C61H55F6N13O7S2. The maximum atomic E-state index is 14.6. The third-order valence-corrected chi connectivity index (χ3v) is 16.1. The zero-order valence-corrected chi connectivity index (χ0v) is 49.3. The van der Waals surface area contributed by atoms with Crippen LogP contribution in [0.4, 0.5) is 43.4 Å². The van der Waals surface area contributed by atoms with Gasteiger partial charge in [0.15, 0.2) is 44.6 Å². The van der Waals surface area contributed by atoms with Gasteiger partial charge in [-0.05, 0) is 123 Å². The highest BCUT2D eigenvalue weighted by Gasteiger charge is 2.27. The van der Waals surface area contributed by atoms with E-state index in [9.17, 15) is 53.5 Å². The third-order valence-electron chi connectivity index (χ3n) is 13.4. The molecule has 89 heavy (non-hydrogen) atoms. The van der Waals surface area contributed by atoms with E-state index in [0.717, 1.165) is 121 Å². The molecule has 12 rings (SSSR count). The highest BCUT2D eigenvalue weighted by Crippen LogP contribution is 2.38. The van der Waals surface area contributed by atoms with Crippen molar-refractivity contribution in [1.29, 1.82) is 15.8 Å². The molecule has 0 spiro atoms. The van der Waals surface area contributed by atoms with Gasteiger partial charge in [0.1, 0.15) is 81.3 Å². The molecule has 6 aliphatic rings. The van der Waals surface area contributed by atoms with Gasteiger partial charge in [-0.2, -0.15) is 15.8 Å². The van der Waals surface area contributed by atoms with E-state index in [1.54, 1.807) is 81.1 Å². The van der Waals surface area contributed by atoms with Crippen LogP contribution >= 0.6 is 0 Å². The molecule has 0 amide bonds. The van der Waals surface area contributed by atoms with Crippen molar-refractivity contribution in [3.8, 4) is 47.0 Å². The normalized spacial score (nSPS) is 14.6. The van der Waals surface area contributed by atoms with Crippen LogP contribution in [0.25, 0.3) is 0 Å². The van der Waals surface area contributed by atoms with Crippen LogP contribution in [0.15, 0.2) is 121 Å². The second-order valence-corrected chi connectivity index (χ2v) is 23.8. The quantitative estimate of drug-likeness (QED) is 0.0954. The largest absolute Gasteiger partial charge is 0.508 e.